The molecule has 1 aromatic rings. The van der Waals surface area contributed by atoms with E-state index in [0.29, 0.717) is 13.0 Å². The highest BCUT2D eigenvalue weighted by Crippen LogP contribution is 2.00. The van der Waals surface area contributed by atoms with Crippen LogP contribution in [0.4, 0.5) is 0 Å². The number of nitrogens with one attached hydrogen (secondary N) is 2. The maximum absolute atomic E-state index is 12.0. The molecule has 1 amide bonds. The molecule has 8 heteroatoms. The van der Waals surface area contributed by atoms with Crippen LogP contribution in [0.2, 0.25) is 0 Å². The molecule has 0 aliphatic carbocycles. The zero-order valence-corrected chi connectivity index (χ0v) is 18.2. The lowest BCUT2D eigenvalue weighted by Crippen LogP contribution is -2.40. The Bertz CT molecular complexity index is 513. The summed E-state index contributed by atoms with van der Waals surface area (Å²) in [7, 11) is 1.92. The Morgan fingerprint density at radius 1 is 1.28 bits per heavy atom. The van der Waals surface area contributed by atoms with Crippen molar-refractivity contribution in [3.63, 3.8) is 0 Å². The average Bonchev–Trinajstić information content (AvgIpc) is 2.98. The van der Waals surface area contributed by atoms with E-state index in [4.69, 9.17) is 0 Å². The van der Waals surface area contributed by atoms with Gasteiger partial charge in [-0.3, -0.25) is 14.5 Å². The zero-order valence-electron chi connectivity index (χ0n) is 15.9. The first-order valence-corrected chi connectivity index (χ1v) is 8.88. The van der Waals surface area contributed by atoms with Gasteiger partial charge in [0.25, 0.3) is 0 Å². The van der Waals surface area contributed by atoms with Gasteiger partial charge in [-0.15, -0.1) is 24.0 Å². The van der Waals surface area contributed by atoms with E-state index in [1.807, 2.05) is 49.8 Å². The fraction of sp³-hybridized carbons (Fsp3) is 0.706. The van der Waals surface area contributed by atoms with Gasteiger partial charge in [-0.2, -0.15) is 5.10 Å². The van der Waals surface area contributed by atoms with Gasteiger partial charge in [0.15, 0.2) is 5.96 Å². The number of aryl methyl sites for hydroxylation is 2. The van der Waals surface area contributed by atoms with Crippen molar-refractivity contribution in [2.75, 3.05) is 32.7 Å². The number of aliphatic imine (C=N–C) groups is 1. The number of carbonyl (C=O) groups is 1. The molecule has 0 saturated carbocycles. The lowest BCUT2D eigenvalue weighted by atomic mass is 10.2. The van der Waals surface area contributed by atoms with Crippen molar-refractivity contribution in [2.24, 2.45) is 12.0 Å². The summed E-state index contributed by atoms with van der Waals surface area (Å²) in [5.74, 6) is 0.955. The van der Waals surface area contributed by atoms with Gasteiger partial charge in [0, 0.05) is 52.4 Å². The molecule has 0 fully saturated rings. The van der Waals surface area contributed by atoms with Crippen molar-refractivity contribution in [1.29, 1.82) is 0 Å². The van der Waals surface area contributed by atoms with E-state index in [1.165, 1.54) is 5.56 Å². The van der Waals surface area contributed by atoms with Crippen LogP contribution in [0.25, 0.3) is 0 Å². The second-order valence-electron chi connectivity index (χ2n) is 5.63. The second kappa shape index (κ2) is 13.9. The summed E-state index contributed by atoms with van der Waals surface area (Å²) in [6.07, 6.45) is 6.36. The number of hydrogen-bond donors (Lipinski definition) is 2. The van der Waals surface area contributed by atoms with Gasteiger partial charge >= 0.3 is 0 Å². The Morgan fingerprint density at radius 3 is 2.56 bits per heavy atom. The Balaban J connectivity index is 0.00000576. The standard InChI is InChI=1S/C17H32N6O.HI/c1-5-18-17(20-12-10-16(24)23(6-2)7-3)19-11-8-9-15-13-21-22(4)14-15;/h13-14H,5-12H2,1-4H3,(H2,18,19,20);1H. The summed E-state index contributed by atoms with van der Waals surface area (Å²) in [6, 6.07) is 0. The Morgan fingerprint density at radius 2 is 2.00 bits per heavy atom. The van der Waals surface area contributed by atoms with Crippen LogP contribution in [0.1, 0.15) is 39.2 Å². The van der Waals surface area contributed by atoms with Gasteiger partial charge in [0.05, 0.1) is 6.20 Å². The number of carbonyl (C=O) groups excluding carboxylic acids is 1. The molecule has 144 valence electrons. The third kappa shape index (κ3) is 9.66. The smallest absolute Gasteiger partial charge is 0.224 e. The quantitative estimate of drug-likeness (QED) is 0.240. The van der Waals surface area contributed by atoms with Crippen LogP contribution < -0.4 is 10.6 Å². The van der Waals surface area contributed by atoms with Crippen molar-refractivity contribution < 1.29 is 4.79 Å². The van der Waals surface area contributed by atoms with Crippen molar-refractivity contribution >= 4 is 35.8 Å². The molecule has 0 aliphatic rings. The predicted molar refractivity (Wildman–Crippen MR) is 113 cm³/mol. The summed E-state index contributed by atoms with van der Waals surface area (Å²) in [5, 5.41) is 10.6. The number of hydrogen-bond acceptors (Lipinski definition) is 3. The lowest BCUT2D eigenvalue weighted by Gasteiger charge is -2.19. The molecule has 0 bridgehead atoms. The second-order valence-corrected chi connectivity index (χ2v) is 5.63. The molecular weight excluding hydrogens is 431 g/mol. The monoisotopic (exact) mass is 464 g/mol. The summed E-state index contributed by atoms with van der Waals surface area (Å²) in [6.45, 7) is 9.71. The topological polar surface area (TPSA) is 74.5 Å². The first-order valence-electron chi connectivity index (χ1n) is 8.88. The van der Waals surface area contributed by atoms with Gasteiger partial charge in [0.1, 0.15) is 0 Å². The van der Waals surface area contributed by atoms with Crippen LogP contribution >= 0.6 is 24.0 Å². The van der Waals surface area contributed by atoms with Gasteiger partial charge in [-0.1, -0.05) is 0 Å². The van der Waals surface area contributed by atoms with Gasteiger partial charge < -0.3 is 15.5 Å². The number of amides is 1. The third-order valence-electron chi connectivity index (χ3n) is 3.74. The van der Waals surface area contributed by atoms with Crippen molar-refractivity contribution in [2.45, 2.75) is 40.0 Å². The fourth-order valence-corrected chi connectivity index (χ4v) is 2.44. The Hall–Kier alpha value is -1.32. The van der Waals surface area contributed by atoms with Crippen LogP contribution in [-0.4, -0.2) is 59.3 Å². The summed E-state index contributed by atoms with van der Waals surface area (Å²) < 4.78 is 1.82. The molecule has 7 nitrogen and oxygen atoms in total. The number of guanidine groups is 1. The molecule has 0 radical (unpaired) electrons. The first kappa shape index (κ1) is 23.7. The Labute approximate surface area is 168 Å². The largest absolute Gasteiger partial charge is 0.357 e. The predicted octanol–water partition coefficient (Wildman–Crippen LogP) is 1.78. The summed E-state index contributed by atoms with van der Waals surface area (Å²) >= 11 is 0. The van der Waals surface area contributed by atoms with Crippen molar-refractivity contribution in [3.8, 4) is 0 Å². The van der Waals surface area contributed by atoms with Crippen LogP contribution in [0.3, 0.4) is 0 Å². The maximum atomic E-state index is 12.0. The molecular formula is C17H33IN6O. The molecule has 1 aromatic heterocycles. The number of rotatable bonds is 10. The molecule has 0 unspecified atom stereocenters. The van der Waals surface area contributed by atoms with E-state index in [1.54, 1.807) is 0 Å². The van der Waals surface area contributed by atoms with Crippen molar-refractivity contribution in [3.05, 3.63) is 18.0 Å². The van der Waals surface area contributed by atoms with E-state index in [2.05, 4.69) is 20.7 Å². The average molecular weight is 464 g/mol. The van der Waals surface area contributed by atoms with E-state index in [9.17, 15) is 4.79 Å². The molecule has 25 heavy (non-hydrogen) atoms. The minimum Gasteiger partial charge on any atom is -0.357 e. The van der Waals surface area contributed by atoms with Crippen LogP contribution in [0.5, 0.6) is 0 Å². The normalized spacial score (nSPS) is 11.0. The highest BCUT2D eigenvalue weighted by atomic mass is 127. The SMILES string of the molecule is CCNC(=NCCCc1cnn(C)c1)NCCC(=O)N(CC)CC.I. The van der Waals surface area contributed by atoms with Gasteiger partial charge in [-0.05, 0) is 39.2 Å². The van der Waals surface area contributed by atoms with Gasteiger partial charge in [-0.25, -0.2) is 0 Å². The number of nitrogens with zero attached hydrogens (tertiary/aromatic N) is 4. The summed E-state index contributed by atoms with van der Waals surface area (Å²) in [5.41, 5.74) is 1.23. The minimum absolute atomic E-state index is 0. The highest BCUT2D eigenvalue weighted by molar-refractivity contribution is 14.0. The molecule has 0 aromatic carbocycles. The zero-order chi connectivity index (χ0) is 17.8. The summed E-state index contributed by atoms with van der Waals surface area (Å²) in [4.78, 5) is 18.4. The molecule has 0 saturated heterocycles. The lowest BCUT2D eigenvalue weighted by molar-refractivity contribution is -0.130. The molecule has 0 aliphatic heterocycles. The molecule has 1 rings (SSSR count). The van der Waals surface area contributed by atoms with Gasteiger partial charge in [0.2, 0.25) is 5.91 Å². The first-order chi connectivity index (χ1) is 11.6. The Kier molecular flexibility index (Phi) is 13.2. The molecule has 2 N–H and O–H groups in total. The molecule has 0 spiro atoms. The van der Waals surface area contributed by atoms with Crippen LogP contribution in [0, 0.1) is 0 Å². The fourth-order valence-electron chi connectivity index (χ4n) is 2.44. The molecule has 1 heterocycles. The minimum atomic E-state index is 0. The van der Waals surface area contributed by atoms with E-state index < -0.39 is 0 Å². The molecule has 0 atom stereocenters. The van der Waals surface area contributed by atoms with E-state index in [-0.39, 0.29) is 29.9 Å². The maximum Gasteiger partial charge on any atom is 0.224 e. The van der Waals surface area contributed by atoms with E-state index >= 15 is 0 Å². The number of halogens is 1. The van der Waals surface area contributed by atoms with Crippen molar-refractivity contribution in [1.82, 2.24) is 25.3 Å². The third-order valence-corrected chi connectivity index (χ3v) is 3.74. The highest BCUT2D eigenvalue weighted by Gasteiger charge is 2.09. The van der Waals surface area contributed by atoms with Crippen LogP contribution in [-0.2, 0) is 18.3 Å². The van der Waals surface area contributed by atoms with Crippen LogP contribution in [0.15, 0.2) is 17.4 Å². The number of aromatic nitrogens is 2. The van der Waals surface area contributed by atoms with E-state index in [0.717, 1.165) is 45.0 Å².